The SMILES string of the molecule is CC(=O)NC(C)(C)Cc1ccccc1.CC(C)(O)Cc1ccccc1. The third kappa shape index (κ3) is 10.4. The molecule has 0 saturated heterocycles. The van der Waals surface area contributed by atoms with Crippen molar-refractivity contribution in [2.45, 2.75) is 58.6 Å². The lowest BCUT2D eigenvalue weighted by molar-refractivity contribution is -0.120. The number of nitrogens with one attached hydrogen (secondary N) is 1. The van der Waals surface area contributed by atoms with Crippen LogP contribution in [0.2, 0.25) is 0 Å². The van der Waals surface area contributed by atoms with Gasteiger partial charge in [0.1, 0.15) is 0 Å². The fraction of sp³-hybridized carbons (Fsp3) is 0.409. The van der Waals surface area contributed by atoms with Crippen molar-refractivity contribution in [1.29, 1.82) is 0 Å². The van der Waals surface area contributed by atoms with Crippen LogP contribution in [-0.4, -0.2) is 22.2 Å². The minimum Gasteiger partial charge on any atom is -0.390 e. The van der Waals surface area contributed by atoms with Crippen LogP contribution in [0.3, 0.4) is 0 Å². The highest BCUT2D eigenvalue weighted by atomic mass is 16.3. The smallest absolute Gasteiger partial charge is 0.217 e. The molecule has 2 rings (SSSR count). The first-order valence-corrected chi connectivity index (χ1v) is 8.66. The molecule has 0 aliphatic rings. The van der Waals surface area contributed by atoms with Gasteiger partial charge in [-0.2, -0.15) is 0 Å². The standard InChI is InChI=1S/C12H17NO.C10H14O/c1-10(14)13-12(2,3)9-11-7-5-4-6-8-11;1-10(2,11)8-9-6-4-3-5-7-9/h4-8H,9H2,1-3H3,(H,13,14);3-7,11H,8H2,1-2H3. The normalized spacial score (nSPS) is 11.3. The number of amides is 1. The van der Waals surface area contributed by atoms with Gasteiger partial charge in [0.15, 0.2) is 0 Å². The first-order valence-electron chi connectivity index (χ1n) is 8.66. The fourth-order valence-electron chi connectivity index (χ4n) is 2.72. The molecule has 2 aromatic carbocycles. The molecule has 3 heteroatoms. The van der Waals surface area contributed by atoms with Crippen LogP contribution in [0, 0.1) is 0 Å². The maximum atomic E-state index is 10.9. The van der Waals surface area contributed by atoms with E-state index in [4.69, 9.17) is 0 Å². The van der Waals surface area contributed by atoms with E-state index in [-0.39, 0.29) is 11.4 Å². The Morgan fingerprint density at radius 3 is 1.60 bits per heavy atom. The highest BCUT2D eigenvalue weighted by Crippen LogP contribution is 2.12. The van der Waals surface area contributed by atoms with Crippen molar-refractivity contribution in [1.82, 2.24) is 5.32 Å². The number of carbonyl (C=O) groups excluding carboxylic acids is 1. The quantitative estimate of drug-likeness (QED) is 0.858. The van der Waals surface area contributed by atoms with Crippen LogP contribution >= 0.6 is 0 Å². The Morgan fingerprint density at radius 1 is 0.840 bits per heavy atom. The summed E-state index contributed by atoms with van der Waals surface area (Å²) in [6, 6.07) is 20.2. The van der Waals surface area contributed by atoms with Crippen molar-refractivity contribution >= 4 is 5.91 Å². The number of aliphatic hydroxyl groups is 1. The molecule has 0 aromatic heterocycles. The maximum absolute atomic E-state index is 10.9. The lowest BCUT2D eigenvalue weighted by atomic mass is 9.95. The molecule has 0 aliphatic carbocycles. The number of hydrogen-bond acceptors (Lipinski definition) is 2. The van der Waals surface area contributed by atoms with E-state index in [1.54, 1.807) is 6.92 Å². The molecule has 0 atom stereocenters. The minimum absolute atomic E-state index is 0.0194. The Kier molecular flexibility index (Phi) is 7.85. The fourth-order valence-corrected chi connectivity index (χ4v) is 2.72. The van der Waals surface area contributed by atoms with Crippen molar-refractivity contribution in [3.63, 3.8) is 0 Å². The van der Waals surface area contributed by atoms with Crippen LogP contribution in [0.15, 0.2) is 60.7 Å². The van der Waals surface area contributed by atoms with Gasteiger partial charge in [-0.05, 0) is 45.2 Å². The Bertz CT molecular complexity index is 628. The van der Waals surface area contributed by atoms with E-state index in [9.17, 15) is 9.90 Å². The highest BCUT2D eigenvalue weighted by Gasteiger charge is 2.18. The largest absolute Gasteiger partial charge is 0.390 e. The van der Waals surface area contributed by atoms with Crippen LogP contribution in [0.25, 0.3) is 0 Å². The second-order valence-corrected chi connectivity index (χ2v) is 7.70. The maximum Gasteiger partial charge on any atom is 0.217 e. The van der Waals surface area contributed by atoms with Gasteiger partial charge in [-0.25, -0.2) is 0 Å². The third-order valence-electron chi connectivity index (χ3n) is 3.48. The van der Waals surface area contributed by atoms with E-state index in [0.29, 0.717) is 6.42 Å². The lowest BCUT2D eigenvalue weighted by Crippen LogP contribution is -2.43. The number of rotatable bonds is 5. The summed E-state index contributed by atoms with van der Waals surface area (Å²) in [7, 11) is 0. The molecule has 0 saturated carbocycles. The van der Waals surface area contributed by atoms with Gasteiger partial charge in [0.25, 0.3) is 0 Å². The Morgan fingerprint density at radius 2 is 1.24 bits per heavy atom. The zero-order chi connectivity index (χ0) is 18.9. The molecule has 0 spiro atoms. The zero-order valence-electron chi connectivity index (χ0n) is 16.0. The van der Waals surface area contributed by atoms with E-state index >= 15 is 0 Å². The summed E-state index contributed by atoms with van der Waals surface area (Å²) >= 11 is 0. The van der Waals surface area contributed by atoms with Crippen LogP contribution in [0.5, 0.6) is 0 Å². The molecule has 136 valence electrons. The first kappa shape index (κ1) is 20.9. The van der Waals surface area contributed by atoms with Crippen molar-refractivity contribution < 1.29 is 9.90 Å². The third-order valence-corrected chi connectivity index (χ3v) is 3.48. The predicted octanol–water partition coefficient (Wildman–Crippen LogP) is 4.14. The van der Waals surface area contributed by atoms with Gasteiger partial charge in [0.2, 0.25) is 5.91 Å². The molecule has 0 radical (unpaired) electrons. The van der Waals surface area contributed by atoms with E-state index in [1.165, 1.54) is 11.1 Å². The van der Waals surface area contributed by atoms with Crippen LogP contribution < -0.4 is 5.32 Å². The molecule has 0 bridgehead atoms. The second-order valence-electron chi connectivity index (χ2n) is 7.70. The molecule has 0 fully saturated rings. The average molecular weight is 341 g/mol. The Labute approximate surface area is 152 Å². The number of hydrogen-bond donors (Lipinski definition) is 2. The minimum atomic E-state index is -0.596. The van der Waals surface area contributed by atoms with Crippen LogP contribution in [-0.2, 0) is 17.6 Å². The van der Waals surface area contributed by atoms with Gasteiger partial charge in [-0.15, -0.1) is 0 Å². The number of benzene rings is 2. The summed E-state index contributed by atoms with van der Waals surface area (Å²) in [5, 5.41) is 12.4. The van der Waals surface area contributed by atoms with Crippen molar-refractivity contribution in [3.8, 4) is 0 Å². The van der Waals surface area contributed by atoms with Crippen molar-refractivity contribution in [2.75, 3.05) is 0 Å². The van der Waals surface area contributed by atoms with E-state index < -0.39 is 5.60 Å². The summed E-state index contributed by atoms with van der Waals surface area (Å²) in [4.78, 5) is 10.9. The molecule has 0 unspecified atom stereocenters. The van der Waals surface area contributed by atoms with Crippen LogP contribution in [0.4, 0.5) is 0 Å². The molecular formula is C22H31NO2. The summed E-state index contributed by atoms with van der Waals surface area (Å²) < 4.78 is 0. The topological polar surface area (TPSA) is 49.3 Å². The zero-order valence-corrected chi connectivity index (χ0v) is 16.0. The van der Waals surface area contributed by atoms with Gasteiger partial charge in [0.05, 0.1) is 5.60 Å². The highest BCUT2D eigenvalue weighted by molar-refractivity contribution is 5.73. The summed E-state index contributed by atoms with van der Waals surface area (Å²) in [5.41, 5.74) is 1.65. The molecule has 1 amide bonds. The molecule has 2 aromatic rings. The number of carbonyl (C=O) groups is 1. The van der Waals surface area contributed by atoms with Crippen LogP contribution in [0.1, 0.15) is 45.7 Å². The lowest BCUT2D eigenvalue weighted by Gasteiger charge is -2.25. The second kappa shape index (κ2) is 9.38. The van der Waals surface area contributed by atoms with Gasteiger partial charge >= 0.3 is 0 Å². The van der Waals surface area contributed by atoms with Gasteiger partial charge in [-0.3, -0.25) is 4.79 Å². The molecule has 25 heavy (non-hydrogen) atoms. The molecule has 0 aliphatic heterocycles. The van der Waals surface area contributed by atoms with E-state index in [2.05, 4.69) is 17.4 Å². The van der Waals surface area contributed by atoms with E-state index in [1.807, 2.05) is 76.2 Å². The summed E-state index contributed by atoms with van der Waals surface area (Å²) in [6.45, 7) is 9.25. The molecule has 0 heterocycles. The average Bonchev–Trinajstić information content (AvgIpc) is 2.46. The van der Waals surface area contributed by atoms with Gasteiger partial charge in [-0.1, -0.05) is 60.7 Å². The molecular weight excluding hydrogens is 310 g/mol. The predicted molar refractivity (Wildman–Crippen MR) is 104 cm³/mol. The van der Waals surface area contributed by atoms with Gasteiger partial charge in [0, 0.05) is 18.9 Å². The Balaban J connectivity index is 0.000000257. The molecule has 2 N–H and O–H groups in total. The van der Waals surface area contributed by atoms with E-state index in [0.717, 1.165) is 6.42 Å². The van der Waals surface area contributed by atoms with Crippen molar-refractivity contribution in [3.05, 3.63) is 71.8 Å². The van der Waals surface area contributed by atoms with Gasteiger partial charge < -0.3 is 10.4 Å². The Hall–Kier alpha value is -2.13. The summed E-state index contributed by atoms with van der Waals surface area (Å²) in [6.07, 6.45) is 1.57. The monoisotopic (exact) mass is 341 g/mol. The first-order chi connectivity index (χ1) is 11.6. The summed E-state index contributed by atoms with van der Waals surface area (Å²) in [5.74, 6) is 0.0194. The van der Waals surface area contributed by atoms with Crippen molar-refractivity contribution in [2.24, 2.45) is 0 Å². The molecule has 3 nitrogen and oxygen atoms in total.